The lowest BCUT2D eigenvalue weighted by molar-refractivity contribution is -0.164. The van der Waals surface area contributed by atoms with Gasteiger partial charge in [0.2, 0.25) is 0 Å². The minimum Gasteiger partial charge on any atom is -0.467 e. The van der Waals surface area contributed by atoms with Crippen molar-refractivity contribution in [3.05, 3.63) is 40.3 Å². The van der Waals surface area contributed by atoms with Crippen molar-refractivity contribution in [2.24, 2.45) is 0 Å². The molecule has 0 amide bonds. The molecule has 0 saturated heterocycles. The van der Waals surface area contributed by atoms with E-state index in [-0.39, 0.29) is 5.82 Å². The monoisotopic (exact) mass is 333 g/mol. The lowest BCUT2D eigenvalue weighted by Gasteiger charge is -2.28. The number of pyridine rings is 1. The summed E-state index contributed by atoms with van der Waals surface area (Å²) in [6.45, 7) is 11.0. The number of carbonyl (C=O) groups is 1. The van der Waals surface area contributed by atoms with Crippen molar-refractivity contribution in [1.29, 1.82) is 0 Å². The van der Waals surface area contributed by atoms with Gasteiger partial charge in [-0.2, -0.15) is 0 Å². The first-order chi connectivity index (χ1) is 11.0. The topological polar surface area (TPSA) is 48.4 Å². The van der Waals surface area contributed by atoms with Gasteiger partial charge in [-0.1, -0.05) is 0 Å². The summed E-state index contributed by atoms with van der Waals surface area (Å²) < 4.78 is 24.9. The number of aromatic nitrogens is 1. The second-order valence-electron chi connectivity index (χ2n) is 6.99. The molecule has 1 heterocycles. The minimum atomic E-state index is -0.906. The van der Waals surface area contributed by atoms with Crippen LogP contribution in [0.1, 0.15) is 49.3 Å². The highest BCUT2D eigenvalue weighted by molar-refractivity contribution is 5.87. The van der Waals surface area contributed by atoms with Gasteiger partial charge in [-0.3, -0.25) is 4.98 Å². The van der Waals surface area contributed by atoms with Gasteiger partial charge >= 0.3 is 5.97 Å². The van der Waals surface area contributed by atoms with Gasteiger partial charge in [0.1, 0.15) is 5.82 Å². The number of carbonyl (C=O) groups excluding carboxylic acids is 1. The van der Waals surface area contributed by atoms with Gasteiger partial charge < -0.3 is 9.47 Å². The molecule has 24 heavy (non-hydrogen) atoms. The first-order valence-corrected chi connectivity index (χ1v) is 7.87. The summed E-state index contributed by atoms with van der Waals surface area (Å²) >= 11 is 0. The number of nitrogens with zero attached hydrogens (tertiary/aromatic N) is 1. The second-order valence-corrected chi connectivity index (χ2v) is 6.99. The summed E-state index contributed by atoms with van der Waals surface area (Å²) in [4.78, 5) is 16.9. The van der Waals surface area contributed by atoms with Gasteiger partial charge in [-0.05, 0) is 64.8 Å². The van der Waals surface area contributed by atoms with Crippen LogP contribution >= 0.6 is 0 Å². The Balaban J connectivity index is 2.72. The number of methoxy groups -OCH3 is 1. The first-order valence-electron chi connectivity index (χ1n) is 7.87. The molecular weight excluding hydrogens is 309 g/mol. The van der Waals surface area contributed by atoms with Gasteiger partial charge in [0.15, 0.2) is 6.10 Å². The van der Waals surface area contributed by atoms with Crippen LogP contribution in [0.4, 0.5) is 4.39 Å². The summed E-state index contributed by atoms with van der Waals surface area (Å²) in [5.41, 5.74) is 2.77. The Morgan fingerprint density at radius 2 is 1.83 bits per heavy atom. The van der Waals surface area contributed by atoms with E-state index in [2.05, 4.69) is 4.98 Å². The first kappa shape index (κ1) is 18.3. The van der Waals surface area contributed by atoms with E-state index in [9.17, 15) is 9.18 Å². The largest absolute Gasteiger partial charge is 0.467 e. The Hall–Kier alpha value is -2.01. The molecule has 1 atom stereocenters. The highest BCUT2D eigenvalue weighted by Crippen LogP contribution is 2.33. The normalized spacial score (nSPS) is 13.2. The fourth-order valence-electron chi connectivity index (χ4n) is 2.79. The number of rotatable bonds is 3. The Labute approximate surface area is 142 Å². The SMILES string of the molecule is COC(=O)[C@@H](OC(C)(C)C)c1c(C)nc2cc(C)c(F)cc2c1C. The van der Waals surface area contributed by atoms with Crippen LogP contribution in [0, 0.1) is 26.6 Å². The maximum Gasteiger partial charge on any atom is 0.339 e. The zero-order valence-corrected chi connectivity index (χ0v) is 15.3. The van der Waals surface area contributed by atoms with Crippen molar-refractivity contribution in [2.45, 2.75) is 53.2 Å². The van der Waals surface area contributed by atoms with E-state index < -0.39 is 17.7 Å². The van der Waals surface area contributed by atoms with Gasteiger partial charge in [0, 0.05) is 16.6 Å². The Morgan fingerprint density at radius 3 is 2.38 bits per heavy atom. The molecule has 0 saturated carbocycles. The molecule has 0 aliphatic carbocycles. The molecule has 0 radical (unpaired) electrons. The van der Waals surface area contributed by atoms with E-state index in [4.69, 9.17) is 9.47 Å². The number of ether oxygens (including phenoxy) is 2. The molecule has 0 N–H and O–H groups in total. The molecule has 0 aliphatic heterocycles. The zero-order chi connectivity index (χ0) is 18.2. The van der Waals surface area contributed by atoms with E-state index in [1.54, 1.807) is 13.0 Å². The maximum atomic E-state index is 14.0. The molecule has 0 spiro atoms. The van der Waals surface area contributed by atoms with Crippen LogP contribution in [0.15, 0.2) is 12.1 Å². The molecule has 1 aromatic carbocycles. The van der Waals surface area contributed by atoms with Crippen molar-refractivity contribution in [3.63, 3.8) is 0 Å². The van der Waals surface area contributed by atoms with E-state index in [0.717, 1.165) is 5.56 Å². The summed E-state index contributed by atoms with van der Waals surface area (Å²) in [5, 5.41) is 0.671. The van der Waals surface area contributed by atoms with Gasteiger partial charge in [-0.15, -0.1) is 0 Å². The standard InChI is InChI=1S/C19H24FNO3/c1-10-8-15-13(9-14(10)20)11(2)16(12(3)21-15)17(18(22)23-7)24-19(4,5)6/h8-9,17H,1-7H3/t17-/m0/s1. The number of aryl methyl sites for hydroxylation is 3. The summed E-state index contributed by atoms with van der Waals surface area (Å²) in [7, 11) is 1.32. The van der Waals surface area contributed by atoms with Crippen LogP contribution in [0.3, 0.4) is 0 Å². The Bertz CT molecular complexity index is 794. The van der Waals surface area contributed by atoms with E-state index in [1.165, 1.54) is 13.2 Å². The quantitative estimate of drug-likeness (QED) is 0.785. The zero-order valence-electron chi connectivity index (χ0n) is 15.3. The molecule has 5 heteroatoms. The minimum absolute atomic E-state index is 0.298. The van der Waals surface area contributed by atoms with Crippen LogP contribution in [-0.4, -0.2) is 23.7 Å². The van der Waals surface area contributed by atoms with Crippen molar-refractivity contribution in [2.75, 3.05) is 7.11 Å². The number of halogens is 1. The Morgan fingerprint density at radius 1 is 1.21 bits per heavy atom. The van der Waals surface area contributed by atoms with Crippen molar-refractivity contribution < 1.29 is 18.7 Å². The maximum absolute atomic E-state index is 14.0. The summed E-state index contributed by atoms with van der Waals surface area (Å²) in [6, 6.07) is 3.17. The average Bonchev–Trinajstić information content (AvgIpc) is 2.46. The third-order valence-electron chi connectivity index (χ3n) is 3.91. The summed E-state index contributed by atoms with van der Waals surface area (Å²) in [5.74, 6) is -0.793. The lowest BCUT2D eigenvalue weighted by Crippen LogP contribution is -2.29. The third kappa shape index (κ3) is 3.56. The highest BCUT2D eigenvalue weighted by Gasteiger charge is 2.31. The third-order valence-corrected chi connectivity index (χ3v) is 3.91. The van der Waals surface area contributed by atoms with Gasteiger partial charge in [0.25, 0.3) is 0 Å². The number of esters is 1. The van der Waals surface area contributed by atoms with Crippen molar-refractivity contribution in [1.82, 2.24) is 4.98 Å². The molecule has 4 nitrogen and oxygen atoms in total. The molecule has 0 unspecified atom stereocenters. The number of hydrogen-bond donors (Lipinski definition) is 0. The van der Waals surface area contributed by atoms with E-state index in [0.29, 0.717) is 27.7 Å². The molecular formula is C19H24FNO3. The number of hydrogen-bond acceptors (Lipinski definition) is 4. The Kier molecular flexibility index (Phi) is 4.95. The lowest BCUT2D eigenvalue weighted by atomic mass is 9.96. The fourth-order valence-corrected chi connectivity index (χ4v) is 2.79. The van der Waals surface area contributed by atoms with Crippen LogP contribution in [0.5, 0.6) is 0 Å². The highest BCUT2D eigenvalue weighted by atomic mass is 19.1. The molecule has 2 rings (SSSR count). The predicted octanol–water partition coefficient (Wildman–Crippen LogP) is 4.33. The van der Waals surface area contributed by atoms with E-state index in [1.807, 2.05) is 34.6 Å². The van der Waals surface area contributed by atoms with Crippen LogP contribution in [-0.2, 0) is 14.3 Å². The molecule has 0 bridgehead atoms. The van der Waals surface area contributed by atoms with Crippen LogP contribution in [0.25, 0.3) is 10.9 Å². The van der Waals surface area contributed by atoms with Gasteiger partial charge in [-0.25, -0.2) is 9.18 Å². The van der Waals surface area contributed by atoms with Gasteiger partial charge in [0.05, 0.1) is 18.2 Å². The smallest absolute Gasteiger partial charge is 0.339 e. The van der Waals surface area contributed by atoms with Crippen LogP contribution < -0.4 is 0 Å². The second kappa shape index (κ2) is 6.48. The number of fused-ring (bicyclic) bond motifs is 1. The molecule has 2 aromatic rings. The van der Waals surface area contributed by atoms with Crippen molar-refractivity contribution in [3.8, 4) is 0 Å². The molecule has 0 fully saturated rings. The van der Waals surface area contributed by atoms with Crippen molar-refractivity contribution >= 4 is 16.9 Å². The molecule has 130 valence electrons. The average molecular weight is 333 g/mol. The predicted molar refractivity (Wildman–Crippen MR) is 91.5 cm³/mol. The fraction of sp³-hybridized carbons (Fsp3) is 0.474. The van der Waals surface area contributed by atoms with Crippen LogP contribution in [0.2, 0.25) is 0 Å². The van der Waals surface area contributed by atoms with E-state index >= 15 is 0 Å². The number of benzene rings is 1. The molecule has 0 aliphatic rings. The molecule has 1 aromatic heterocycles. The summed E-state index contributed by atoms with van der Waals surface area (Å²) in [6.07, 6.45) is -0.906.